The lowest BCUT2D eigenvalue weighted by Gasteiger charge is -2.01. The largest absolute Gasteiger partial charge is 0.292 e. The van der Waals surface area contributed by atoms with Gasteiger partial charge < -0.3 is 0 Å². The van der Waals surface area contributed by atoms with Crippen LogP contribution in [0.25, 0.3) is 11.4 Å². The molecule has 0 bridgehead atoms. The highest BCUT2D eigenvalue weighted by molar-refractivity contribution is 6.42. The maximum Gasteiger partial charge on any atom is 0.204 e. The van der Waals surface area contributed by atoms with Gasteiger partial charge in [-0.2, -0.15) is 4.80 Å². The van der Waals surface area contributed by atoms with E-state index < -0.39 is 0 Å². The van der Waals surface area contributed by atoms with Crippen LogP contribution in [0.15, 0.2) is 48.5 Å². The number of aromatic nitrogens is 4. The molecule has 0 aliphatic rings. The highest BCUT2D eigenvalue weighted by atomic mass is 35.5. The van der Waals surface area contributed by atoms with E-state index in [1.807, 2.05) is 30.3 Å². The number of hydrogen-bond donors (Lipinski definition) is 0. The average molecular weight is 333 g/mol. The van der Waals surface area contributed by atoms with Crippen molar-refractivity contribution in [3.63, 3.8) is 0 Å². The van der Waals surface area contributed by atoms with Crippen molar-refractivity contribution in [2.45, 2.75) is 6.54 Å². The van der Waals surface area contributed by atoms with E-state index >= 15 is 0 Å². The van der Waals surface area contributed by atoms with E-state index in [1.165, 1.54) is 10.9 Å². The van der Waals surface area contributed by atoms with Crippen molar-refractivity contribution in [3.8, 4) is 11.4 Å². The van der Waals surface area contributed by atoms with Gasteiger partial charge in [0.2, 0.25) is 5.82 Å². The zero-order chi connectivity index (χ0) is 15.5. The van der Waals surface area contributed by atoms with Crippen LogP contribution in [-0.2, 0) is 6.54 Å². The second kappa shape index (κ2) is 6.25. The van der Waals surface area contributed by atoms with E-state index in [2.05, 4.69) is 15.4 Å². The van der Waals surface area contributed by atoms with E-state index in [9.17, 15) is 4.79 Å². The molecule has 1 aromatic heterocycles. The molecule has 7 heteroatoms. The fourth-order valence-electron chi connectivity index (χ4n) is 1.90. The Kier molecular flexibility index (Phi) is 4.18. The molecule has 0 fully saturated rings. The molecule has 0 N–H and O–H groups in total. The van der Waals surface area contributed by atoms with Crippen molar-refractivity contribution < 1.29 is 4.79 Å². The maximum absolute atomic E-state index is 12.2. The van der Waals surface area contributed by atoms with Crippen molar-refractivity contribution in [1.82, 2.24) is 20.2 Å². The predicted molar refractivity (Wildman–Crippen MR) is 84.0 cm³/mol. The highest BCUT2D eigenvalue weighted by Crippen LogP contribution is 2.23. The van der Waals surface area contributed by atoms with Gasteiger partial charge in [0.05, 0.1) is 10.0 Å². The van der Waals surface area contributed by atoms with Crippen LogP contribution in [0.4, 0.5) is 0 Å². The lowest BCUT2D eigenvalue weighted by Crippen LogP contribution is -2.13. The third-order valence-corrected chi connectivity index (χ3v) is 3.75. The lowest BCUT2D eigenvalue weighted by molar-refractivity contribution is 0.0961. The Labute approximate surface area is 136 Å². The van der Waals surface area contributed by atoms with Crippen LogP contribution < -0.4 is 0 Å². The molecule has 1 heterocycles. The molecule has 0 aliphatic heterocycles. The second-order valence-electron chi connectivity index (χ2n) is 4.56. The Hall–Kier alpha value is -2.24. The van der Waals surface area contributed by atoms with Crippen LogP contribution >= 0.6 is 23.2 Å². The Bertz CT molecular complexity index is 817. The van der Waals surface area contributed by atoms with Crippen LogP contribution in [0.2, 0.25) is 10.0 Å². The first-order chi connectivity index (χ1) is 10.6. The lowest BCUT2D eigenvalue weighted by atomic mass is 10.1. The second-order valence-corrected chi connectivity index (χ2v) is 5.38. The molecule has 0 spiro atoms. The smallest absolute Gasteiger partial charge is 0.204 e. The fourth-order valence-corrected chi connectivity index (χ4v) is 2.20. The van der Waals surface area contributed by atoms with Gasteiger partial charge in [0.15, 0.2) is 5.78 Å². The van der Waals surface area contributed by atoms with Gasteiger partial charge >= 0.3 is 0 Å². The first kappa shape index (κ1) is 14.7. The Morgan fingerprint density at radius 2 is 1.82 bits per heavy atom. The number of Topliss-reactive ketones (excluding diaryl/α,β-unsaturated/α-hetero) is 1. The first-order valence-electron chi connectivity index (χ1n) is 6.45. The molecule has 0 aliphatic carbocycles. The molecule has 3 aromatic rings. The van der Waals surface area contributed by atoms with Crippen molar-refractivity contribution in [3.05, 3.63) is 64.1 Å². The van der Waals surface area contributed by atoms with Gasteiger partial charge in [0.25, 0.3) is 0 Å². The SMILES string of the molecule is O=C(Cn1nnc(-c2ccccc2)n1)c1ccc(Cl)c(Cl)c1. The summed E-state index contributed by atoms with van der Waals surface area (Å²) in [5.41, 5.74) is 1.30. The Morgan fingerprint density at radius 3 is 2.55 bits per heavy atom. The van der Waals surface area contributed by atoms with Crippen molar-refractivity contribution in [1.29, 1.82) is 0 Å². The van der Waals surface area contributed by atoms with Gasteiger partial charge in [0.1, 0.15) is 6.54 Å². The van der Waals surface area contributed by atoms with Gasteiger partial charge in [-0.3, -0.25) is 4.79 Å². The molecule has 2 aromatic carbocycles. The number of carbonyl (C=O) groups excluding carboxylic acids is 1. The number of rotatable bonds is 4. The molecule has 0 unspecified atom stereocenters. The molecule has 0 atom stereocenters. The van der Waals surface area contributed by atoms with Gasteiger partial charge in [-0.1, -0.05) is 53.5 Å². The molecule has 22 heavy (non-hydrogen) atoms. The Morgan fingerprint density at radius 1 is 1.05 bits per heavy atom. The van der Waals surface area contributed by atoms with E-state index in [0.29, 0.717) is 21.4 Å². The zero-order valence-electron chi connectivity index (χ0n) is 11.3. The molecule has 110 valence electrons. The average Bonchev–Trinajstić information content (AvgIpc) is 2.99. The third-order valence-electron chi connectivity index (χ3n) is 3.01. The molecular formula is C15H10Cl2N4O. The number of halogens is 2. The molecule has 0 radical (unpaired) electrons. The molecule has 0 saturated heterocycles. The minimum atomic E-state index is -0.171. The summed E-state index contributed by atoms with van der Waals surface area (Å²) in [6, 6.07) is 14.2. The van der Waals surface area contributed by atoms with Gasteiger partial charge in [-0.25, -0.2) is 0 Å². The number of hydrogen-bond acceptors (Lipinski definition) is 4. The van der Waals surface area contributed by atoms with Crippen molar-refractivity contribution in [2.75, 3.05) is 0 Å². The van der Waals surface area contributed by atoms with E-state index in [-0.39, 0.29) is 12.3 Å². The molecule has 5 nitrogen and oxygen atoms in total. The number of nitrogens with zero attached hydrogens (tertiary/aromatic N) is 4. The van der Waals surface area contributed by atoms with Gasteiger partial charge in [0, 0.05) is 11.1 Å². The molecule has 0 amide bonds. The number of carbonyl (C=O) groups is 1. The van der Waals surface area contributed by atoms with E-state index in [1.54, 1.807) is 12.1 Å². The number of ketones is 1. The summed E-state index contributed by atoms with van der Waals surface area (Å²) in [7, 11) is 0. The quantitative estimate of drug-likeness (QED) is 0.685. The third kappa shape index (κ3) is 3.16. The maximum atomic E-state index is 12.2. The van der Waals surface area contributed by atoms with Crippen LogP contribution in [0, 0.1) is 0 Å². The van der Waals surface area contributed by atoms with Crippen molar-refractivity contribution >= 4 is 29.0 Å². The standard InChI is InChI=1S/C15H10Cl2N4O/c16-12-7-6-11(8-13(12)17)14(22)9-21-19-15(18-20-21)10-4-2-1-3-5-10/h1-8H,9H2. The van der Waals surface area contributed by atoms with Crippen LogP contribution in [0.3, 0.4) is 0 Å². The number of tetrazole rings is 1. The minimum Gasteiger partial charge on any atom is -0.292 e. The summed E-state index contributed by atoms with van der Waals surface area (Å²) in [6.07, 6.45) is 0. The van der Waals surface area contributed by atoms with Gasteiger partial charge in [-0.15, -0.1) is 10.2 Å². The Balaban J connectivity index is 1.77. The summed E-state index contributed by atoms with van der Waals surface area (Å²) in [5, 5.41) is 12.8. The number of benzene rings is 2. The molecular weight excluding hydrogens is 323 g/mol. The minimum absolute atomic E-state index is 0.0161. The van der Waals surface area contributed by atoms with E-state index in [4.69, 9.17) is 23.2 Å². The monoisotopic (exact) mass is 332 g/mol. The van der Waals surface area contributed by atoms with Crippen LogP contribution in [0.5, 0.6) is 0 Å². The van der Waals surface area contributed by atoms with Crippen LogP contribution in [-0.4, -0.2) is 26.0 Å². The summed E-state index contributed by atoms with van der Waals surface area (Å²) in [6.45, 7) is -0.0161. The first-order valence-corrected chi connectivity index (χ1v) is 7.20. The zero-order valence-corrected chi connectivity index (χ0v) is 12.8. The van der Waals surface area contributed by atoms with E-state index in [0.717, 1.165) is 5.56 Å². The van der Waals surface area contributed by atoms with Crippen molar-refractivity contribution in [2.24, 2.45) is 0 Å². The normalized spacial score (nSPS) is 10.6. The topological polar surface area (TPSA) is 60.7 Å². The highest BCUT2D eigenvalue weighted by Gasteiger charge is 2.12. The summed E-state index contributed by atoms with van der Waals surface area (Å²) in [4.78, 5) is 13.5. The summed E-state index contributed by atoms with van der Waals surface area (Å²) < 4.78 is 0. The molecule has 3 rings (SSSR count). The fraction of sp³-hybridized carbons (Fsp3) is 0.0667. The van der Waals surface area contributed by atoms with Crippen LogP contribution in [0.1, 0.15) is 10.4 Å². The predicted octanol–water partition coefficient (Wildman–Crippen LogP) is 3.53. The summed E-state index contributed by atoms with van der Waals surface area (Å²) in [5.74, 6) is 0.304. The summed E-state index contributed by atoms with van der Waals surface area (Å²) >= 11 is 11.7. The molecule has 0 saturated carbocycles. The van der Waals surface area contributed by atoms with Gasteiger partial charge in [-0.05, 0) is 23.4 Å².